The average molecular weight is 388 g/mol. The Morgan fingerprint density at radius 3 is 2.31 bits per heavy atom. The molecule has 26 heavy (non-hydrogen) atoms. The van der Waals surface area contributed by atoms with E-state index >= 15 is 0 Å². The van der Waals surface area contributed by atoms with E-state index in [4.69, 9.17) is 18.5 Å². The average Bonchev–Trinajstić information content (AvgIpc) is 2.48. The Morgan fingerprint density at radius 2 is 1.85 bits per heavy atom. The molecule has 1 aromatic carbocycles. The van der Waals surface area contributed by atoms with Crippen LogP contribution in [0.2, 0.25) is 0 Å². The van der Waals surface area contributed by atoms with Crippen LogP contribution in [0.4, 0.5) is 18.9 Å². The minimum atomic E-state index is -6.09. The van der Waals surface area contributed by atoms with Gasteiger partial charge in [-0.05, 0) is 36.6 Å². The van der Waals surface area contributed by atoms with Gasteiger partial charge in [-0.2, -0.15) is 13.2 Å². The molecule has 0 saturated carbocycles. The number of aryl methyl sites for hydroxylation is 3. The zero-order chi connectivity index (χ0) is 20.1. The van der Waals surface area contributed by atoms with Crippen molar-refractivity contribution in [3.05, 3.63) is 58.2 Å². The van der Waals surface area contributed by atoms with Crippen LogP contribution in [-0.2, 0) is 17.2 Å². The Morgan fingerprint density at radius 1 is 1.27 bits per heavy atom. The van der Waals surface area contributed by atoms with Crippen LogP contribution in [0.1, 0.15) is 11.1 Å². The molecule has 11 heteroatoms. The van der Waals surface area contributed by atoms with Crippen molar-refractivity contribution in [3.63, 3.8) is 0 Å². The van der Waals surface area contributed by atoms with Crippen LogP contribution in [0.3, 0.4) is 0 Å². The molecular formula is C15H15F3N4O3S. The molecule has 2 rings (SSSR count). The maximum Gasteiger partial charge on any atom is 0.485 e. The summed E-state index contributed by atoms with van der Waals surface area (Å²) in [6, 6.07) is 8.07. The lowest BCUT2D eigenvalue weighted by Crippen LogP contribution is -2.26. The van der Waals surface area contributed by atoms with Gasteiger partial charge in [-0.15, -0.1) is 0 Å². The molecule has 2 aromatic rings. The van der Waals surface area contributed by atoms with Crippen LogP contribution >= 0.6 is 0 Å². The van der Waals surface area contributed by atoms with Crippen molar-refractivity contribution in [1.29, 1.82) is 0 Å². The van der Waals surface area contributed by atoms with Gasteiger partial charge in [-0.3, -0.25) is 0 Å². The first kappa shape index (κ1) is 21.4. The van der Waals surface area contributed by atoms with Gasteiger partial charge in [0.15, 0.2) is 22.5 Å². The molecule has 0 aliphatic heterocycles. The van der Waals surface area contributed by atoms with Crippen molar-refractivity contribution in [2.45, 2.75) is 19.4 Å². The predicted octanol–water partition coefficient (Wildman–Crippen LogP) is 3.79. The molecule has 0 radical (unpaired) electrons. The standard InChI is InChI=1S/C14H15N4.CHF3O3S/c1-10-7-11(2)14(16-17-15)13(8-10)12-5-4-6-18(3)9-12;2-1(3,4)8(5,6)7/h4-9H,1-3H3;(H,5,6,7)/q+1;/p-1. The fourth-order valence-electron chi connectivity index (χ4n) is 2.10. The van der Waals surface area contributed by atoms with Crippen molar-refractivity contribution < 1.29 is 30.7 Å². The summed E-state index contributed by atoms with van der Waals surface area (Å²) in [4.78, 5) is 2.92. The highest BCUT2D eigenvalue weighted by molar-refractivity contribution is 7.86. The molecule has 0 bridgehead atoms. The van der Waals surface area contributed by atoms with Crippen molar-refractivity contribution in [2.24, 2.45) is 12.2 Å². The van der Waals surface area contributed by atoms with E-state index in [9.17, 15) is 13.2 Å². The van der Waals surface area contributed by atoms with Crippen LogP contribution in [0.25, 0.3) is 21.6 Å². The SMILES string of the molecule is Cc1cc(C)c(N=[N+]=[N-])c(-c2ccc[n+](C)c2)c1.O=S(=O)([O-])C(F)(F)F. The second-order valence-electron chi connectivity index (χ2n) is 5.33. The van der Waals surface area contributed by atoms with E-state index in [1.165, 1.54) is 0 Å². The van der Waals surface area contributed by atoms with E-state index in [1.54, 1.807) is 0 Å². The lowest BCUT2D eigenvalue weighted by atomic mass is 9.99. The van der Waals surface area contributed by atoms with E-state index < -0.39 is 15.6 Å². The molecule has 0 atom stereocenters. The zero-order valence-corrected chi connectivity index (χ0v) is 14.8. The summed E-state index contributed by atoms with van der Waals surface area (Å²) in [5.41, 5.74) is 7.93. The summed E-state index contributed by atoms with van der Waals surface area (Å²) in [5.74, 6) is 0. The molecule has 0 amide bonds. The van der Waals surface area contributed by atoms with E-state index in [0.29, 0.717) is 5.69 Å². The van der Waals surface area contributed by atoms with Crippen LogP contribution in [0, 0.1) is 13.8 Å². The van der Waals surface area contributed by atoms with E-state index in [0.717, 1.165) is 22.3 Å². The minimum absolute atomic E-state index is 0.703. The Kier molecular flexibility index (Phi) is 6.73. The largest absolute Gasteiger partial charge is 0.741 e. The first-order valence-electron chi connectivity index (χ1n) is 7.01. The Bertz CT molecular complexity index is 953. The molecule has 0 saturated heterocycles. The summed E-state index contributed by atoms with van der Waals surface area (Å²) in [6.45, 7) is 4.00. The highest BCUT2D eigenvalue weighted by atomic mass is 32.2. The molecule has 1 aromatic heterocycles. The van der Waals surface area contributed by atoms with Gasteiger partial charge in [0.05, 0.1) is 0 Å². The van der Waals surface area contributed by atoms with Crippen molar-refractivity contribution in [2.75, 3.05) is 0 Å². The van der Waals surface area contributed by atoms with E-state index in [1.807, 2.05) is 62.1 Å². The monoisotopic (exact) mass is 388 g/mol. The second kappa shape index (κ2) is 8.17. The molecule has 7 nitrogen and oxygen atoms in total. The van der Waals surface area contributed by atoms with Crippen molar-refractivity contribution in [3.8, 4) is 11.1 Å². The van der Waals surface area contributed by atoms with Gasteiger partial charge in [-0.1, -0.05) is 22.8 Å². The number of rotatable bonds is 2. The quantitative estimate of drug-likeness (QED) is 0.195. The second-order valence-corrected chi connectivity index (χ2v) is 6.70. The number of pyridine rings is 1. The summed E-state index contributed by atoms with van der Waals surface area (Å²) in [5, 5.41) is 3.82. The number of hydrogen-bond donors (Lipinski definition) is 0. The molecular weight excluding hydrogens is 373 g/mol. The molecule has 140 valence electrons. The Balaban J connectivity index is 0.000000359. The predicted molar refractivity (Wildman–Crippen MR) is 87.1 cm³/mol. The summed E-state index contributed by atoms with van der Waals surface area (Å²) in [7, 11) is -4.12. The van der Waals surface area contributed by atoms with Gasteiger partial charge in [0.25, 0.3) is 0 Å². The number of benzene rings is 1. The lowest BCUT2D eigenvalue weighted by molar-refractivity contribution is -0.671. The number of nitrogens with zero attached hydrogens (tertiary/aromatic N) is 4. The molecule has 0 fully saturated rings. The fraction of sp³-hybridized carbons (Fsp3) is 0.267. The Labute approximate surface area is 148 Å². The maximum absolute atomic E-state index is 10.7. The third kappa shape index (κ3) is 5.73. The summed E-state index contributed by atoms with van der Waals surface area (Å²) in [6.07, 6.45) is 3.99. The van der Waals surface area contributed by atoms with Crippen LogP contribution in [0.15, 0.2) is 41.8 Å². The molecule has 0 aliphatic carbocycles. The van der Waals surface area contributed by atoms with Crippen LogP contribution in [-0.4, -0.2) is 18.5 Å². The zero-order valence-electron chi connectivity index (χ0n) is 14.0. The topological polar surface area (TPSA) is 110 Å². The van der Waals surface area contributed by atoms with Gasteiger partial charge in [0, 0.05) is 22.2 Å². The fourth-order valence-corrected chi connectivity index (χ4v) is 2.10. The van der Waals surface area contributed by atoms with Gasteiger partial charge in [0.1, 0.15) is 7.05 Å². The Hall–Kier alpha value is -2.62. The molecule has 0 aliphatic rings. The summed E-state index contributed by atoms with van der Waals surface area (Å²) < 4.78 is 60.9. The normalized spacial score (nSPS) is 11.2. The highest BCUT2D eigenvalue weighted by Gasteiger charge is 2.36. The number of halogens is 3. The first-order valence-corrected chi connectivity index (χ1v) is 8.42. The lowest BCUT2D eigenvalue weighted by Gasteiger charge is -2.09. The molecule has 0 spiro atoms. The summed E-state index contributed by atoms with van der Waals surface area (Å²) >= 11 is 0. The first-order chi connectivity index (χ1) is 11.9. The van der Waals surface area contributed by atoms with Gasteiger partial charge in [-0.25, -0.2) is 13.0 Å². The number of aromatic nitrogens is 1. The van der Waals surface area contributed by atoms with Crippen LogP contribution in [0.5, 0.6) is 0 Å². The van der Waals surface area contributed by atoms with Gasteiger partial charge < -0.3 is 4.55 Å². The molecule has 0 N–H and O–H groups in total. The minimum Gasteiger partial charge on any atom is -0.741 e. The van der Waals surface area contributed by atoms with Gasteiger partial charge >= 0.3 is 5.51 Å². The number of azide groups is 1. The van der Waals surface area contributed by atoms with E-state index in [2.05, 4.69) is 10.0 Å². The molecule has 0 unspecified atom stereocenters. The van der Waals surface area contributed by atoms with Crippen molar-refractivity contribution >= 4 is 15.8 Å². The smallest absolute Gasteiger partial charge is 0.485 e. The third-order valence-electron chi connectivity index (χ3n) is 3.12. The highest BCUT2D eigenvalue weighted by Crippen LogP contribution is 2.34. The number of alkyl halides is 3. The molecule has 1 heterocycles. The number of hydrogen-bond acceptors (Lipinski definition) is 4. The van der Waals surface area contributed by atoms with Crippen LogP contribution < -0.4 is 4.57 Å². The maximum atomic E-state index is 10.7. The third-order valence-corrected chi connectivity index (χ3v) is 3.69. The van der Waals surface area contributed by atoms with Gasteiger partial charge in [0.2, 0.25) is 0 Å². The van der Waals surface area contributed by atoms with E-state index in [-0.39, 0.29) is 0 Å². The van der Waals surface area contributed by atoms with Crippen molar-refractivity contribution in [1.82, 2.24) is 0 Å².